The number of anilines is 2. The first-order chi connectivity index (χ1) is 5.65. The Morgan fingerprint density at radius 1 is 1.50 bits per heavy atom. The first-order valence-corrected chi connectivity index (χ1v) is 3.94. The van der Waals surface area contributed by atoms with E-state index in [1.54, 1.807) is 13.0 Å². The van der Waals surface area contributed by atoms with E-state index < -0.39 is 0 Å². The summed E-state index contributed by atoms with van der Waals surface area (Å²) >= 11 is 0. The number of nitrogens with one attached hydrogen (secondary N) is 1. The van der Waals surface area contributed by atoms with Gasteiger partial charge in [0, 0.05) is 6.54 Å². The molecule has 3 N–H and O–H groups in total. The molecular formula is C9H13FN2. The maximum atomic E-state index is 12.9. The van der Waals surface area contributed by atoms with Gasteiger partial charge in [-0.1, -0.05) is 0 Å². The van der Waals surface area contributed by atoms with E-state index in [1.807, 2.05) is 6.92 Å². The van der Waals surface area contributed by atoms with Crippen LogP contribution in [0.5, 0.6) is 0 Å². The maximum absolute atomic E-state index is 12.9. The maximum Gasteiger partial charge on any atom is 0.128 e. The molecular weight excluding hydrogens is 155 g/mol. The van der Waals surface area contributed by atoms with Crippen LogP contribution in [0.15, 0.2) is 12.1 Å². The lowest BCUT2D eigenvalue weighted by atomic mass is 10.2. The molecule has 0 radical (unpaired) electrons. The number of rotatable bonds is 2. The second kappa shape index (κ2) is 3.43. The van der Waals surface area contributed by atoms with Crippen LogP contribution < -0.4 is 11.1 Å². The number of aryl methyl sites for hydroxylation is 1. The van der Waals surface area contributed by atoms with Crippen molar-refractivity contribution >= 4 is 11.4 Å². The number of hydrogen-bond acceptors (Lipinski definition) is 2. The molecule has 0 atom stereocenters. The van der Waals surface area contributed by atoms with E-state index >= 15 is 0 Å². The zero-order valence-corrected chi connectivity index (χ0v) is 7.32. The molecule has 0 bridgehead atoms. The zero-order valence-electron chi connectivity index (χ0n) is 7.32. The lowest BCUT2D eigenvalue weighted by Crippen LogP contribution is -2.02. The molecule has 1 aromatic carbocycles. The minimum Gasteiger partial charge on any atom is -0.397 e. The summed E-state index contributed by atoms with van der Waals surface area (Å²) in [6.07, 6.45) is 0. The lowest BCUT2D eigenvalue weighted by Gasteiger charge is -2.08. The Bertz CT molecular complexity index is 284. The van der Waals surface area contributed by atoms with E-state index in [0.717, 1.165) is 12.2 Å². The molecule has 0 saturated carbocycles. The Balaban J connectivity index is 3.05. The van der Waals surface area contributed by atoms with Crippen molar-refractivity contribution in [3.63, 3.8) is 0 Å². The van der Waals surface area contributed by atoms with Crippen molar-refractivity contribution in [3.05, 3.63) is 23.5 Å². The van der Waals surface area contributed by atoms with Gasteiger partial charge in [-0.05, 0) is 31.5 Å². The second-order valence-electron chi connectivity index (χ2n) is 2.72. The van der Waals surface area contributed by atoms with E-state index in [2.05, 4.69) is 5.32 Å². The topological polar surface area (TPSA) is 38.0 Å². The number of halogens is 1. The minimum absolute atomic E-state index is 0.255. The SMILES string of the molecule is CCNc1cc(C)c(F)cc1N. The fourth-order valence-corrected chi connectivity index (χ4v) is 1.04. The van der Waals surface area contributed by atoms with Gasteiger partial charge in [-0.25, -0.2) is 4.39 Å². The predicted molar refractivity (Wildman–Crippen MR) is 49.7 cm³/mol. The summed E-state index contributed by atoms with van der Waals surface area (Å²) < 4.78 is 12.9. The Labute approximate surface area is 71.6 Å². The quantitative estimate of drug-likeness (QED) is 0.664. The number of nitrogens with two attached hydrogens (primary N) is 1. The van der Waals surface area contributed by atoms with Gasteiger partial charge in [0.25, 0.3) is 0 Å². The fraction of sp³-hybridized carbons (Fsp3) is 0.333. The van der Waals surface area contributed by atoms with Gasteiger partial charge in [0.1, 0.15) is 5.82 Å². The molecule has 0 spiro atoms. The third-order valence-electron chi connectivity index (χ3n) is 1.70. The molecule has 0 fully saturated rings. The van der Waals surface area contributed by atoms with Crippen LogP contribution in [0.1, 0.15) is 12.5 Å². The van der Waals surface area contributed by atoms with Crippen molar-refractivity contribution in [1.82, 2.24) is 0 Å². The smallest absolute Gasteiger partial charge is 0.128 e. The van der Waals surface area contributed by atoms with Crippen LogP contribution in [0.25, 0.3) is 0 Å². The molecule has 12 heavy (non-hydrogen) atoms. The van der Waals surface area contributed by atoms with Crippen molar-refractivity contribution in [2.75, 3.05) is 17.6 Å². The molecule has 2 nitrogen and oxygen atoms in total. The van der Waals surface area contributed by atoms with Crippen LogP contribution in [-0.4, -0.2) is 6.54 Å². The first kappa shape index (κ1) is 8.84. The highest BCUT2D eigenvalue weighted by Crippen LogP contribution is 2.21. The first-order valence-electron chi connectivity index (χ1n) is 3.94. The highest BCUT2D eigenvalue weighted by atomic mass is 19.1. The Morgan fingerprint density at radius 2 is 2.17 bits per heavy atom. The normalized spacial score (nSPS) is 9.92. The molecule has 0 aliphatic heterocycles. The number of hydrogen-bond donors (Lipinski definition) is 2. The molecule has 0 heterocycles. The molecule has 0 aromatic heterocycles. The summed E-state index contributed by atoms with van der Waals surface area (Å²) in [7, 11) is 0. The van der Waals surface area contributed by atoms with Gasteiger partial charge in [0.05, 0.1) is 11.4 Å². The van der Waals surface area contributed by atoms with Crippen molar-refractivity contribution in [3.8, 4) is 0 Å². The fourth-order valence-electron chi connectivity index (χ4n) is 1.04. The lowest BCUT2D eigenvalue weighted by molar-refractivity contribution is 0.619. The summed E-state index contributed by atoms with van der Waals surface area (Å²) in [5, 5.41) is 3.05. The van der Waals surface area contributed by atoms with E-state index in [1.165, 1.54) is 6.07 Å². The van der Waals surface area contributed by atoms with Gasteiger partial charge >= 0.3 is 0 Å². The standard InChI is InChI=1S/C9H13FN2/c1-3-12-9-4-6(2)7(10)5-8(9)11/h4-5,12H,3,11H2,1-2H3. The van der Waals surface area contributed by atoms with Crippen LogP contribution >= 0.6 is 0 Å². The summed E-state index contributed by atoms with van der Waals surface area (Å²) in [6.45, 7) is 4.48. The molecule has 3 heteroatoms. The molecule has 0 aliphatic carbocycles. The second-order valence-corrected chi connectivity index (χ2v) is 2.72. The van der Waals surface area contributed by atoms with Crippen molar-refractivity contribution in [1.29, 1.82) is 0 Å². The van der Waals surface area contributed by atoms with Gasteiger partial charge in [-0.3, -0.25) is 0 Å². The molecule has 0 unspecified atom stereocenters. The van der Waals surface area contributed by atoms with Crippen LogP contribution in [0.2, 0.25) is 0 Å². The van der Waals surface area contributed by atoms with Gasteiger partial charge < -0.3 is 11.1 Å². The number of nitrogen functional groups attached to an aromatic ring is 1. The van der Waals surface area contributed by atoms with Gasteiger partial charge in [-0.15, -0.1) is 0 Å². The van der Waals surface area contributed by atoms with Gasteiger partial charge in [0.15, 0.2) is 0 Å². The van der Waals surface area contributed by atoms with Crippen molar-refractivity contribution in [2.45, 2.75) is 13.8 Å². The van der Waals surface area contributed by atoms with Gasteiger partial charge in [0.2, 0.25) is 0 Å². The predicted octanol–water partition coefficient (Wildman–Crippen LogP) is 2.15. The third-order valence-corrected chi connectivity index (χ3v) is 1.70. The third kappa shape index (κ3) is 1.67. The van der Waals surface area contributed by atoms with Crippen LogP contribution in [0.3, 0.4) is 0 Å². The van der Waals surface area contributed by atoms with E-state index in [-0.39, 0.29) is 5.82 Å². The molecule has 1 aromatic rings. The molecule has 1 rings (SSSR count). The Morgan fingerprint density at radius 3 is 2.75 bits per heavy atom. The zero-order chi connectivity index (χ0) is 9.14. The largest absolute Gasteiger partial charge is 0.397 e. The van der Waals surface area contributed by atoms with Crippen LogP contribution in [0, 0.1) is 12.7 Å². The summed E-state index contributed by atoms with van der Waals surface area (Å²) in [5.41, 5.74) is 7.45. The van der Waals surface area contributed by atoms with E-state index in [0.29, 0.717) is 11.3 Å². The molecule has 66 valence electrons. The van der Waals surface area contributed by atoms with Crippen LogP contribution in [0.4, 0.5) is 15.8 Å². The van der Waals surface area contributed by atoms with Crippen molar-refractivity contribution < 1.29 is 4.39 Å². The molecule has 0 aliphatic rings. The highest BCUT2D eigenvalue weighted by molar-refractivity contribution is 5.67. The molecule has 0 saturated heterocycles. The average Bonchev–Trinajstić information content (AvgIpc) is 2.01. The van der Waals surface area contributed by atoms with Crippen molar-refractivity contribution in [2.24, 2.45) is 0 Å². The van der Waals surface area contributed by atoms with Gasteiger partial charge in [-0.2, -0.15) is 0 Å². The van der Waals surface area contributed by atoms with Crippen LogP contribution in [-0.2, 0) is 0 Å². The van der Waals surface area contributed by atoms with E-state index in [4.69, 9.17) is 5.73 Å². The minimum atomic E-state index is -0.255. The summed E-state index contributed by atoms with van der Waals surface area (Å²) in [6, 6.07) is 3.06. The highest BCUT2D eigenvalue weighted by Gasteiger charge is 2.02. The Hall–Kier alpha value is -1.25. The molecule has 0 amide bonds. The summed E-state index contributed by atoms with van der Waals surface area (Å²) in [5.74, 6) is -0.255. The number of benzene rings is 1. The average molecular weight is 168 g/mol. The monoisotopic (exact) mass is 168 g/mol. The Kier molecular flexibility index (Phi) is 2.53. The van der Waals surface area contributed by atoms with E-state index in [9.17, 15) is 4.39 Å². The summed E-state index contributed by atoms with van der Waals surface area (Å²) in [4.78, 5) is 0.